The number of nitro benzene ring substituents is 1. The minimum atomic E-state index is -0.477. The first-order valence-electron chi connectivity index (χ1n) is 5.72. The van der Waals surface area contributed by atoms with Crippen LogP contribution >= 0.6 is 11.8 Å². The van der Waals surface area contributed by atoms with Crippen molar-refractivity contribution in [3.63, 3.8) is 0 Å². The third kappa shape index (κ3) is 3.45. The molecule has 0 aromatic heterocycles. The summed E-state index contributed by atoms with van der Waals surface area (Å²) < 4.78 is 0. The number of nitrogens with two attached hydrogens (primary N) is 1. The van der Waals surface area contributed by atoms with Crippen LogP contribution in [0.2, 0.25) is 0 Å². The van der Waals surface area contributed by atoms with Crippen LogP contribution in [0.3, 0.4) is 0 Å². The quantitative estimate of drug-likeness (QED) is 0.505. The Hall–Kier alpha value is -1.60. The van der Waals surface area contributed by atoms with Crippen molar-refractivity contribution in [3.8, 4) is 0 Å². The molecule has 19 heavy (non-hydrogen) atoms. The summed E-state index contributed by atoms with van der Waals surface area (Å²) in [6.45, 7) is 2.16. The van der Waals surface area contributed by atoms with Gasteiger partial charge in [0.25, 0.3) is 11.6 Å². The van der Waals surface area contributed by atoms with Crippen LogP contribution in [-0.4, -0.2) is 41.6 Å². The van der Waals surface area contributed by atoms with E-state index in [1.807, 2.05) is 6.92 Å². The lowest BCUT2D eigenvalue weighted by Crippen LogP contribution is -2.39. The highest BCUT2D eigenvalue weighted by Gasteiger charge is 2.21. The number of nitro groups is 1. The number of carbonyl (C=O) groups excluding carboxylic acids is 1. The van der Waals surface area contributed by atoms with E-state index in [2.05, 4.69) is 0 Å². The van der Waals surface area contributed by atoms with Crippen LogP contribution in [0.1, 0.15) is 17.3 Å². The lowest BCUT2D eigenvalue weighted by atomic mass is 10.1. The molecular weight excluding hydrogens is 266 g/mol. The van der Waals surface area contributed by atoms with Crippen LogP contribution in [0.4, 0.5) is 5.69 Å². The van der Waals surface area contributed by atoms with Crippen LogP contribution < -0.4 is 5.73 Å². The summed E-state index contributed by atoms with van der Waals surface area (Å²) in [6.07, 6.45) is 1.76. The molecule has 0 aliphatic rings. The zero-order valence-electron chi connectivity index (χ0n) is 11.1. The number of hydrogen-bond donors (Lipinski definition) is 1. The maximum Gasteiger partial charge on any atom is 0.283 e. The van der Waals surface area contributed by atoms with Crippen molar-refractivity contribution in [2.24, 2.45) is 5.73 Å². The third-order valence-electron chi connectivity index (χ3n) is 2.95. The van der Waals surface area contributed by atoms with Crippen molar-refractivity contribution in [1.82, 2.24) is 4.90 Å². The Labute approximate surface area is 116 Å². The molecule has 0 radical (unpaired) electrons. The average Bonchev–Trinajstić information content (AvgIpc) is 2.43. The van der Waals surface area contributed by atoms with Gasteiger partial charge in [-0.2, -0.15) is 0 Å². The molecule has 1 unspecified atom stereocenters. The Kier molecular flexibility index (Phi) is 5.31. The fraction of sp³-hybridized carbons (Fsp3) is 0.417. The van der Waals surface area contributed by atoms with Gasteiger partial charge in [0.1, 0.15) is 0 Å². The van der Waals surface area contributed by atoms with Crippen LogP contribution in [-0.2, 0) is 0 Å². The lowest BCUT2D eigenvalue weighted by Gasteiger charge is -2.23. The fourth-order valence-electron chi connectivity index (χ4n) is 1.53. The number of amides is 1. The molecule has 0 saturated carbocycles. The van der Waals surface area contributed by atoms with E-state index in [1.54, 1.807) is 25.4 Å². The van der Waals surface area contributed by atoms with Gasteiger partial charge < -0.3 is 10.6 Å². The number of rotatable bonds is 5. The molecule has 0 fully saturated rings. The molecule has 104 valence electrons. The van der Waals surface area contributed by atoms with Crippen LogP contribution in [0.25, 0.3) is 0 Å². The Morgan fingerprint density at radius 3 is 2.68 bits per heavy atom. The molecule has 2 N–H and O–H groups in total. The van der Waals surface area contributed by atoms with Gasteiger partial charge in [-0.05, 0) is 25.3 Å². The van der Waals surface area contributed by atoms with Gasteiger partial charge in [0, 0.05) is 31.3 Å². The van der Waals surface area contributed by atoms with Crippen LogP contribution in [0.15, 0.2) is 23.1 Å². The maximum absolute atomic E-state index is 12.2. The number of likely N-dealkylation sites (N-methyl/N-ethyl adjacent to an activating group) is 1. The average molecular weight is 283 g/mol. The second-order valence-corrected chi connectivity index (χ2v) is 4.99. The summed E-state index contributed by atoms with van der Waals surface area (Å²) in [7, 11) is 1.63. The fourth-order valence-corrected chi connectivity index (χ4v) is 2.07. The van der Waals surface area contributed by atoms with Crippen molar-refractivity contribution in [3.05, 3.63) is 33.9 Å². The molecule has 0 aliphatic carbocycles. The topological polar surface area (TPSA) is 89.5 Å². The van der Waals surface area contributed by atoms with Crippen molar-refractivity contribution in [1.29, 1.82) is 0 Å². The van der Waals surface area contributed by atoms with Crippen LogP contribution in [0, 0.1) is 10.1 Å². The van der Waals surface area contributed by atoms with Crippen molar-refractivity contribution in [2.75, 3.05) is 19.8 Å². The third-order valence-corrected chi connectivity index (χ3v) is 3.73. The normalized spacial score (nSPS) is 12.0. The molecular formula is C12H17N3O3S. The minimum absolute atomic E-state index is 0.0489. The first kappa shape index (κ1) is 15.5. The molecule has 0 bridgehead atoms. The van der Waals surface area contributed by atoms with Gasteiger partial charge in [-0.25, -0.2) is 0 Å². The Morgan fingerprint density at radius 2 is 2.21 bits per heavy atom. The number of benzene rings is 1. The summed E-state index contributed by atoms with van der Waals surface area (Å²) in [6, 6.07) is 4.39. The molecule has 0 spiro atoms. The SMILES string of the molecule is CSc1ccc(C(=O)N(C)C(C)CN)cc1[N+](=O)[O-]. The predicted octanol–water partition coefficient (Wildman–Crippen LogP) is 1.74. The summed E-state index contributed by atoms with van der Waals surface area (Å²) in [5.41, 5.74) is 5.76. The molecule has 1 amide bonds. The molecule has 0 aliphatic heterocycles. The van der Waals surface area contributed by atoms with Gasteiger partial charge in [-0.3, -0.25) is 14.9 Å². The van der Waals surface area contributed by atoms with Crippen molar-refractivity contribution >= 4 is 23.4 Å². The number of thioether (sulfide) groups is 1. The highest BCUT2D eigenvalue weighted by Crippen LogP contribution is 2.28. The Bertz CT molecular complexity index is 493. The molecule has 0 saturated heterocycles. The molecule has 1 rings (SSSR count). The zero-order chi connectivity index (χ0) is 14.6. The van der Waals surface area contributed by atoms with Gasteiger partial charge >= 0.3 is 0 Å². The number of carbonyl (C=O) groups is 1. The summed E-state index contributed by atoms with van der Waals surface area (Å²) in [5, 5.41) is 11.0. The van der Waals surface area contributed by atoms with E-state index in [0.29, 0.717) is 17.0 Å². The second-order valence-electron chi connectivity index (χ2n) is 4.14. The first-order chi connectivity index (χ1) is 8.92. The first-order valence-corrected chi connectivity index (χ1v) is 6.94. The molecule has 0 heterocycles. The summed E-state index contributed by atoms with van der Waals surface area (Å²) >= 11 is 1.28. The van der Waals surface area contributed by atoms with E-state index in [1.165, 1.54) is 22.7 Å². The second kappa shape index (κ2) is 6.53. The van der Waals surface area contributed by atoms with E-state index >= 15 is 0 Å². The molecule has 6 nitrogen and oxygen atoms in total. The largest absolute Gasteiger partial charge is 0.338 e. The van der Waals surface area contributed by atoms with Gasteiger partial charge in [0.2, 0.25) is 0 Å². The zero-order valence-corrected chi connectivity index (χ0v) is 11.9. The van der Waals surface area contributed by atoms with Gasteiger partial charge in [-0.15, -0.1) is 11.8 Å². The van der Waals surface area contributed by atoms with Crippen molar-refractivity contribution < 1.29 is 9.72 Å². The van der Waals surface area contributed by atoms with E-state index < -0.39 is 4.92 Å². The van der Waals surface area contributed by atoms with E-state index in [4.69, 9.17) is 5.73 Å². The molecule has 1 atom stereocenters. The summed E-state index contributed by atoms with van der Waals surface area (Å²) in [4.78, 5) is 24.7. The van der Waals surface area contributed by atoms with E-state index in [9.17, 15) is 14.9 Å². The molecule has 1 aromatic carbocycles. The van der Waals surface area contributed by atoms with Gasteiger partial charge in [0.05, 0.1) is 9.82 Å². The molecule has 7 heteroatoms. The summed E-state index contributed by atoms with van der Waals surface area (Å²) in [5.74, 6) is -0.270. The lowest BCUT2D eigenvalue weighted by molar-refractivity contribution is -0.387. The van der Waals surface area contributed by atoms with E-state index in [-0.39, 0.29) is 17.6 Å². The smallest absolute Gasteiger partial charge is 0.283 e. The highest BCUT2D eigenvalue weighted by molar-refractivity contribution is 7.98. The number of nitrogens with zero attached hydrogens (tertiary/aromatic N) is 2. The minimum Gasteiger partial charge on any atom is -0.338 e. The number of hydrogen-bond acceptors (Lipinski definition) is 5. The highest BCUT2D eigenvalue weighted by atomic mass is 32.2. The van der Waals surface area contributed by atoms with Gasteiger partial charge in [0.15, 0.2) is 0 Å². The van der Waals surface area contributed by atoms with E-state index in [0.717, 1.165) is 0 Å². The predicted molar refractivity (Wildman–Crippen MR) is 75.5 cm³/mol. The standard InChI is InChI=1S/C12H17N3O3S/c1-8(7-13)14(2)12(16)9-4-5-11(19-3)10(6-9)15(17)18/h4-6,8H,7,13H2,1-3H3. The monoisotopic (exact) mass is 283 g/mol. The Balaban J connectivity index is 3.12. The Morgan fingerprint density at radius 1 is 1.58 bits per heavy atom. The van der Waals surface area contributed by atoms with Crippen LogP contribution in [0.5, 0.6) is 0 Å². The van der Waals surface area contributed by atoms with Gasteiger partial charge in [-0.1, -0.05) is 0 Å². The molecule has 1 aromatic rings. The maximum atomic E-state index is 12.2. The van der Waals surface area contributed by atoms with Crippen molar-refractivity contribution in [2.45, 2.75) is 17.9 Å².